The lowest BCUT2D eigenvalue weighted by molar-refractivity contribution is 0.581. The van der Waals surface area contributed by atoms with Crippen LogP contribution < -0.4 is 0 Å². The molecule has 146 valence electrons. The molecule has 0 saturated carbocycles. The van der Waals surface area contributed by atoms with Gasteiger partial charge in [0.25, 0.3) is 0 Å². The smallest absolute Gasteiger partial charge is 0.126 e. The molecule has 2 aromatic carbocycles. The molecule has 0 aliphatic carbocycles. The minimum atomic E-state index is -0.598. The van der Waals surface area contributed by atoms with Crippen molar-refractivity contribution in [1.82, 2.24) is 15.2 Å². The second-order valence-corrected chi connectivity index (χ2v) is 8.26. The number of thioether (sulfide) groups is 1. The van der Waals surface area contributed by atoms with Crippen LogP contribution in [0.5, 0.6) is 0 Å². The Morgan fingerprint density at radius 3 is 2.24 bits per heavy atom. The number of halogens is 3. The molecule has 29 heavy (non-hydrogen) atoms. The van der Waals surface area contributed by atoms with Crippen molar-refractivity contribution in [3.8, 4) is 21.1 Å². The van der Waals surface area contributed by atoms with Gasteiger partial charge in [-0.15, -0.1) is 21.5 Å². The van der Waals surface area contributed by atoms with Crippen LogP contribution in [0, 0.1) is 24.4 Å². The van der Waals surface area contributed by atoms with Gasteiger partial charge in [0.2, 0.25) is 0 Å². The van der Waals surface area contributed by atoms with E-state index in [9.17, 15) is 13.2 Å². The summed E-state index contributed by atoms with van der Waals surface area (Å²) in [4.78, 5) is 5.44. The first-order valence-electron chi connectivity index (χ1n) is 8.63. The number of benzene rings is 2. The third-order valence-corrected chi connectivity index (χ3v) is 6.29. The van der Waals surface area contributed by atoms with Crippen LogP contribution in [0.25, 0.3) is 21.1 Å². The minimum Gasteiger partial charge on any atom is -0.241 e. The number of hydrogen-bond donors (Lipinski definition) is 0. The molecule has 0 saturated heterocycles. The number of hydrogen-bond acceptors (Lipinski definition) is 5. The highest BCUT2D eigenvalue weighted by Crippen LogP contribution is 2.34. The Morgan fingerprint density at radius 1 is 0.862 bits per heavy atom. The van der Waals surface area contributed by atoms with E-state index in [-0.39, 0.29) is 5.82 Å². The molecule has 0 N–H and O–H groups in total. The number of thiazole rings is 1. The van der Waals surface area contributed by atoms with Crippen LogP contribution in [-0.2, 0) is 5.75 Å². The van der Waals surface area contributed by atoms with Crippen LogP contribution in [0.4, 0.5) is 13.2 Å². The lowest BCUT2D eigenvalue weighted by Crippen LogP contribution is -1.91. The van der Waals surface area contributed by atoms with Crippen LogP contribution in [0.1, 0.15) is 11.3 Å². The van der Waals surface area contributed by atoms with Gasteiger partial charge < -0.3 is 0 Å². The zero-order valence-corrected chi connectivity index (χ0v) is 16.8. The molecular weight excluding hydrogens is 415 g/mol. The zero-order valence-electron chi connectivity index (χ0n) is 15.2. The molecule has 2 heterocycles. The molecular formula is C21H14F3N3S2. The summed E-state index contributed by atoms with van der Waals surface area (Å²) in [5, 5.41) is 9.91. The standard InChI is InChI=1S/C21H14F3N3S2/c1-12-20(29-21(25-12)14-2-4-15(22)5-3-14)18-6-7-19(27-26-18)28-11-13-8-16(23)10-17(24)9-13/h2-10H,11H2,1H3. The van der Waals surface area contributed by atoms with Crippen molar-refractivity contribution in [2.45, 2.75) is 17.7 Å². The first-order valence-corrected chi connectivity index (χ1v) is 10.4. The van der Waals surface area contributed by atoms with Crippen LogP contribution in [0.15, 0.2) is 59.6 Å². The van der Waals surface area contributed by atoms with Gasteiger partial charge >= 0.3 is 0 Å². The average Bonchev–Trinajstić information content (AvgIpc) is 3.08. The monoisotopic (exact) mass is 429 g/mol. The van der Waals surface area contributed by atoms with Gasteiger partial charge in [-0.05, 0) is 61.0 Å². The van der Waals surface area contributed by atoms with E-state index in [1.165, 1.54) is 47.4 Å². The molecule has 0 radical (unpaired) electrons. The van der Waals surface area contributed by atoms with E-state index >= 15 is 0 Å². The van der Waals surface area contributed by atoms with Gasteiger partial charge in [-0.25, -0.2) is 18.2 Å². The summed E-state index contributed by atoms with van der Waals surface area (Å²) in [6.45, 7) is 1.89. The fourth-order valence-electron chi connectivity index (χ4n) is 2.72. The summed E-state index contributed by atoms with van der Waals surface area (Å²) in [5.41, 5.74) is 2.89. The van der Waals surface area contributed by atoms with E-state index < -0.39 is 11.6 Å². The van der Waals surface area contributed by atoms with Gasteiger partial charge in [0.05, 0.1) is 10.6 Å². The van der Waals surface area contributed by atoms with Crippen LogP contribution in [0.2, 0.25) is 0 Å². The molecule has 0 fully saturated rings. The van der Waals surface area contributed by atoms with Crippen molar-refractivity contribution in [2.24, 2.45) is 0 Å². The van der Waals surface area contributed by atoms with Crippen molar-refractivity contribution in [1.29, 1.82) is 0 Å². The van der Waals surface area contributed by atoms with E-state index in [4.69, 9.17) is 0 Å². The Morgan fingerprint density at radius 2 is 1.59 bits per heavy atom. The third-order valence-electron chi connectivity index (χ3n) is 4.07. The lowest BCUT2D eigenvalue weighted by atomic mass is 10.2. The van der Waals surface area contributed by atoms with E-state index in [0.717, 1.165) is 27.2 Å². The molecule has 0 atom stereocenters. The molecule has 0 amide bonds. The molecule has 4 aromatic rings. The van der Waals surface area contributed by atoms with Gasteiger partial charge in [0, 0.05) is 17.4 Å². The topological polar surface area (TPSA) is 38.7 Å². The molecule has 0 spiro atoms. The second-order valence-electron chi connectivity index (χ2n) is 6.26. The molecule has 2 aromatic heterocycles. The van der Waals surface area contributed by atoms with E-state index in [1.54, 1.807) is 12.1 Å². The average molecular weight is 429 g/mol. The molecule has 0 unspecified atom stereocenters. The largest absolute Gasteiger partial charge is 0.241 e. The molecule has 0 aliphatic heterocycles. The van der Waals surface area contributed by atoms with Crippen molar-refractivity contribution < 1.29 is 13.2 Å². The fraction of sp³-hybridized carbons (Fsp3) is 0.0952. The molecule has 3 nitrogen and oxygen atoms in total. The Balaban J connectivity index is 1.50. The summed E-state index contributed by atoms with van der Waals surface area (Å²) in [6.07, 6.45) is 0. The van der Waals surface area contributed by atoms with Crippen molar-refractivity contribution in [2.75, 3.05) is 0 Å². The van der Waals surface area contributed by atoms with Gasteiger partial charge in [-0.1, -0.05) is 11.8 Å². The molecule has 8 heteroatoms. The maximum atomic E-state index is 13.3. The van der Waals surface area contributed by atoms with Gasteiger partial charge in [0.1, 0.15) is 33.2 Å². The molecule has 0 aliphatic rings. The Labute approximate surface area is 173 Å². The van der Waals surface area contributed by atoms with E-state index in [0.29, 0.717) is 22.0 Å². The first-order chi connectivity index (χ1) is 14.0. The first kappa shape index (κ1) is 19.6. The van der Waals surface area contributed by atoms with Crippen molar-refractivity contribution in [3.05, 3.63) is 83.3 Å². The highest BCUT2D eigenvalue weighted by Gasteiger charge is 2.13. The zero-order chi connectivity index (χ0) is 20.4. The quantitative estimate of drug-likeness (QED) is 0.350. The SMILES string of the molecule is Cc1nc(-c2ccc(F)cc2)sc1-c1ccc(SCc2cc(F)cc(F)c2)nn1. The maximum Gasteiger partial charge on any atom is 0.126 e. The number of aromatic nitrogens is 3. The van der Waals surface area contributed by atoms with Crippen LogP contribution >= 0.6 is 23.1 Å². The summed E-state index contributed by atoms with van der Waals surface area (Å²) in [5.74, 6) is -1.10. The van der Waals surface area contributed by atoms with Crippen molar-refractivity contribution in [3.63, 3.8) is 0 Å². The molecule has 0 bridgehead atoms. The number of rotatable bonds is 5. The predicted octanol–water partition coefficient (Wildman–Crippen LogP) is 6.29. The normalized spacial score (nSPS) is 11.0. The van der Waals surface area contributed by atoms with E-state index in [1.807, 2.05) is 19.1 Å². The Hall–Kier alpha value is -2.71. The van der Waals surface area contributed by atoms with E-state index in [2.05, 4.69) is 15.2 Å². The predicted molar refractivity (Wildman–Crippen MR) is 109 cm³/mol. The summed E-state index contributed by atoms with van der Waals surface area (Å²) < 4.78 is 39.7. The highest BCUT2D eigenvalue weighted by molar-refractivity contribution is 7.98. The van der Waals surface area contributed by atoms with Crippen LogP contribution in [0.3, 0.4) is 0 Å². The van der Waals surface area contributed by atoms with Crippen LogP contribution in [-0.4, -0.2) is 15.2 Å². The van der Waals surface area contributed by atoms with Gasteiger partial charge in [-0.2, -0.15) is 0 Å². The minimum absolute atomic E-state index is 0.290. The summed E-state index contributed by atoms with van der Waals surface area (Å²) >= 11 is 2.81. The maximum absolute atomic E-state index is 13.3. The van der Waals surface area contributed by atoms with Gasteiger partial charge in [0.15, 0.2) is 0 Å². The van der Waals surface area contributed by atoms with Gasteiger partial charge in [-0.3, -0.25) is 0 Å². The fourth-order valence-corrected chi connectivity index (χ4v) is 4.50. The lowest BCUT2D eigenvalue weighted by Gasteiger charge is -2.03. The highest BCUT2D eigenvalue weighted by atomic mass is 32.2. The molecule has 4 rings (SSSR count). The summed E-state index contributed by atoms with van der Waals surface area (Å²) in [7, 11) is 0. The Kier molecular flexibility index (Phi) is 5.64. The van der Waals surface area contributed by atoms with Crippen molar-refractivity contribution >= 4 is 23.1 Å². The summed E-state index contributed by atoms with van der Waals surface area (Å²) in [6, 6.07) is 13.3. The Bertz CT molecular complexity index is 1120. The number of aryl methyl sites for hydroxylation is 1. The second kappa shape index (κ2) is 8.34. The third kappa shape index (κ3) is 4.65. The number of nitrogens with zero attached hydrogens (tertiary/aromatic N) is 3.